The van der Waals surface area contributed by atoms with Crippen LogP contribution >= 0.6 is 0 Å². The highest BCUT2D eigenvalue weighted by molar-refractivity contribution is 5.80. The lowest BCUT2D eigenvalue weighted by molar-refractivity contribution is -0.135. The first kappa shape index (κ1) is 12.6. The number of piperazine rings is 1. The van der Waals surface area contributed by atoms with Gasteiger partial charge in [0.25, 0.3) is 0 Å². The molecule has 2 atom stereocenters. The number of benzene rings is 1. The minimum Gasteiger partial charge on any atom is -0.334 e. The molecule has 0 radical (unpaired) electrons. The smallest absolute Gasteiger partial charge is 0.227 e. The second-order valence-corrected chi connectivity index (χ2v) is 5.71. The number of halogens is 1. The highest BCUT2D eigenvalue weighted by Gasteiger charge is 2.41. The summed E-state index contributed by atoms with van der Waals surface area (Å²) in [5.41, 5.74) is 0.893. The van der Waals surface area contributed by atoms with Gasteiger partial charge in [0.05, 0.1) is 6.42 Å². The number of rotatable bonds is 2. The van der Waals surface area contributed by atoms with Crippen LogP contribution in [0.15, 0.2) is 24.3 Å². The fourth-order valence-corrected chi connectivity index (χ4v) is 3.39. The first-order chi connectivity index (χ1) is 9.13. The molecule has 2 bridgehead atoms. The summed E-state index contributed by atoms with van der Waals surface area (Å²) in [4.78, 5) is 16.8. The normalized spacial score (nSPS) is 26.7. The standard InChI is InChI=1S/C15H19FN2O/c1-17-9-13-6-7-14(10-17)18(13)15(19)8-11-2-4-12(16)5-3-11/h2-5,13-14H,6-10H2,1H3. The number of likely N-dealkylation sites (tertiary alicyclic amines) is 1. The Labute approximate surface area is 113 Å². The minimum atomic E-state index is -0.254. The predicted molar refractivity (Wildman–Crippen MR) is 71.3 cm³/mol. The van der Waals surface area contributed by atoms with Gasteiger partial charge >= 0.3 is 0 Å². The van der Waals surface area contributed by atoms with Crippen LogP contribution in [-0.4, -0.2) is 47.9 Å². The van der Waals surface area contributed by atoms with E-state index >= 15 is 0 Å². The quantitative estimate of drug-likeness (QED) is 0.809. The van der Waals surface area contributed by atoms with E-state index in [1.54, 1.807) is 12.1 Å². The Balaban J connectivity index is 1.69. The summed E-state index contributed by atoms with van der Waals surface area (Å²) in [7, 11) is 2.12. The number of fused-ring (bicyclic) bond motifs is 2. The second-order valence-electron chi connectivity index (χ2n) is 5.71. The summed E-state index contributed by atoms with van der Waals surface area (Å²) in [6.07, 6.45) is 2.62. The Morgan fingerprint density at radius 3 is 2.37 bits per heavy atom. The Hall–Kier alpha value is -1.42. The van der Waals surface area contributed by atoms with Crippen LogP contribution in [0.3, 0.4) is 0 Å². The molecule has 1 aromatic rings. The fraction of sp³-hybridized carbons (Fsp3) is 0.533. The Morgan fingerprint density at radius 1 is 1.21 bits per heavy atom. The lowest BCUT2D eigenvalue weighted by Crippen LogP contribution is -2.55. The zero-order chi connectivity index (χ0) is 13.4. The molecule has 2 saturated heterocycles. The van der Waals surface area contributed by atoms with E-state index < -0.39 is 0 Å². The molecule has 0 aliphatic carbocycles. The molecule has 2 heterocycles. The molecule has 3 rings (SSSR count). The van der Waals surface area contributed by atoms with Gasteiger partial charge in [-0.25, -0.2) is 4.39 Å². The first-order valence-electron chi connectivity index (χ1n) is 6.87. The number of carbonyl (C=O) groups excluding carboxylic acids is 1. The van der Waals surface area contributed by atoms with E-state index in [0.29, 0.717) is 18.5 Å². The van der Waals surface area contributed by atoms with Crippen LogP contribution in [0.1, 0.15) is 18.4 Å². The number of hydrogen-bond acceptors (Lipinski definition) is 2. The van der Waals surface area contributed by atoms with Crippen LogP contribution in [0.25, 0.3) is 0 Å². The molecule has 19 heavy (non-hydrogen) atoms. The lowest BCUT2D eigenvalue weighted by atomic mass is 10.1. The molecule has 2 aliphatic rings. The number of hydrogen-bond donors (Lipinski definition) is 0. The zero-order valence-electron chi connectivity index (χ0n) is 11.2. The van der Waals surface area contributed by atoms with Crippen molar-refractivity contribution in [2.45, 2.75) is 31.3 Å². The maximum atomic E-state index is 12.9. The van der Waals surface area contributed by atoms with Gasteiger partial charge in [-0.1, -0.05) is 12.1 Å². The van der Waals surface area contributed by atoms with Crippen LogP contribution in [0.4, 0.5) is 4.39 Å². The van der Waals surface area contributed by atoms with E-state index in [4.69, 9.17) is 0 Å². The summed E-state index contributed by atoms with van der Waals surface area (Å²) < 4.78 is 12.9. The van der Waals surface area contributed by atoms with Gasteiger partial charge in [-0.3, -0.25) is 4.79 Å². The summed E-state index contributed by atoms with van der Waals surface area (Å²) >= 11 is 0. The number of carbonyl (C=O) groups is 1. The van der Waals surface area contributed by atoms with Crippen molar-refractivity contribution in [2.75, 3.05) is 20.1 Å². The molecule has 1 aromatic carbocycles. The highest BCUT2D eigenvalue weighted by atomic mass is 19.1. The van der Waals surface area contributed by atoms with Crippen LogP contribution in [0.2, 0.25) is 0 Å². The number of nitrogens with zero attached hydrogens (tertiary/aromatic N) is 2. The van der Waals surface area contributed by atoms with Gasteiger partial charge in [0.15, 0.2) is 0 Å². The van der Waals surface area contributed by atoms with E-state index in [1.807, 2.05) is 0 Å². The highest BCUT2D eigenvalue weighted by Crippen LogP contribution is 2.30. The topological polar surface area (TPSA) is 23.6 Å². The van der Waals surface area contributed by atoms with E-state index in [1.165, 1.54) is 12.1 Å². The van der Waals surface area contributed by atoms with E-state index in [2.05, 4.69) is 16.8 Å². The van der Waals surface area contributed by atoms with Gasteiger partial charge in [-0.15, -0.1) is 0 Å². The third-order valence-corrected chi connectivity index (χ3v) is 4.22. The number of amides is 1. The molecule has 0 aromatic heterocycles. The van der Waals surface area contributed by atoms with Crippen molar-refractivity contribution in [1.82, 2.24) is 9.80 Å². The molecule has 3 nitrogen and oxygen atoms in total. The van der Waals surface area contributed by atoms with Crippen molar-refractivity contribution in [2.24, 2.45) is 0 Å². The van der Waals surface area contributed by atoms with Crippen LogP contribution in [0, 0.1) is 5.82 Å². The van der Waals surface area contributed by atoms with Crippen molar-refractivity contribution in [3.05, 3.63) is 35.6 Å². The van der Waals surface area contributed by atoms with Gasteiger partial charge < -0.3 is 9.80 Å². The maximum absolute atomic E-state index is 12.9. The van der Waals surface area contributed by atoms with E-state index in [9.17, 15) is 9.18 Å². The predicted octanol–water partition coefficient (Wildman–Crippen LogP) is 1.67. The van der Waals surface area contributed by atoms with Crippen molar-refractivity contribution < 1.29 is 9.18 Å². The monoisotopic (exact) mass is 262 g/mol. The largest absolute Gasteiger partial charge is 0.334 e. The summed E-state index contributed by atoms with van der Waals surface area (Å²) in [6.45, 7) is 1.96. The first-order valence-corrected chi connectivity index (χ1v) is 6.87. The third-order valence-electron chi connectivity index (χ3n) is 4.22. The van der Waals surface area contributed by atoms with Gasteiger partial charge in [-0.2, -0.15) is 0 Å². The zero-order valence-corrected chi connectivity index (χ0v) is 11.2. The van der Waals surface area contributed by atoms with Gasteiger partial charge in [0.1, 0.15) is 5.82 Å². The summed E-state index contributed by atoms with van der Waals surface area (Å²) in [6, 6.07) is 6.98. The Bertz CT molecular complexity index is 460. The molecule has 2 aliphatic heterocycles. The maximum Gasteiger partial charge on any atom is 0.227 e. The van der Waals surface area contributed by atoms with Crippen molar-refractivity contribution in [3.63, 3.8) is 0 Å². The third kappa shape index (κ3) is 2.50. The van der Waals surface area contributed by atoms with E-state index in [0.717, 1.165) is 31.5 Å². The minimum absolute atomic E-state index is 0.187. The average Bonchev–Trinajstić information content (AvgIpc) is 2.65. The Kier molecular flexibility index (Phi) is 3.27. The molecule has 102 valence electrons. The Morgan fingerprint density at radius 2 is 1.79 bits per heavy atom. The number of likely N-dealkylation sites (N-methyl/N-ethyl adjacent to an activating group) is 1. The summed E-state index contributed by atoms with van der Waals surface area (Å²) in [5, 5.41) is 0. The van der Waals surface area contributed by atoms with Crippen LogP contribution in [-0.2, 0) is 11.2 Å². The molecule has 0 spiro atoms. The molecule has 0 N–H and O–H groups in total. The average molecular weight is 262 g/mol. The molecule has 0 saturated carbocycles. The van der Waals surface area contributed by atoms with Crippen molar-refractivity contribution >= 4 is 5.91 Å². The molecule has 4 heteroatoms. The van der Waals surface area contributed by atoms with Crippen LogP contribution < -0.4 is 0 Å². The van der Waals surface area contributed by atoms with Gasteiger partial charge in [0.2, 0.25) is 5.91 Å². The lowest BCUT2D eigenvalue weighted by Gasteiger charge is -2.39. The second kappa shape index (κ2) is 4.93. The molecular weight excluding hydrogens is 243 g/mol. The molecule has 2 fully saturated rings. The summed E-state index contributed by atoms with van der Waals surface area (Å²) in [5.74, 6) is -0.0666. The van der Waals surface area contributed by atoms with Crippen molar-refractivity contribution in [3.8, 4) is 0 Å². The van der Waals surface area contributed by atoms with E-state index in [-0.39, 0.29) is 11.7 Å². The fourth-order valence-electron chi connectivity index (χ4n) is 3.39. The van der Waals surface area contributed by atoms with Crippen LogP contribution in [0.5, 0.6) is 0 Å². The van der Waals surface area contributed by atoms with Crippen molar-refractivity contribution in [1.29, 1.82) is 0 Å². The molecule has 2 unspecified atom stereocenters. The molecule has 1 amide bonds. The van der Waals surface area contributed by atoms with Gasteiger partial charge in [0, 0.05) is 25.2 Å². The van der Waals surface area contributed by atoms with Gasteiger partial charge in [-0.05, 0) is 37.6 Å². The SMILES string of the molecule is CN1CC2CCC(C1)N2C(=O)Cc1ccc(F)cc1. The molecular formula is C15H19FN2O.